The van der Waals surface area contributed by atoms with Crippen LogP contribution in [-0.2, 0) is 29.0 Å². The van der Waals surface area contributed by atoms with Gasteiger partial charge in [0.15, 0.2) is 6.61 Å². The number of hydrogen-bond acceptors (Lipinski definition) is 3. The van der Waals surface area contributed by atoms with Crippen LogP contribution in [0.25, 0.3) is 0 Å². The van der Waals surface area contributed by atoms with Gasteiger partial charge < -0.3 is 15.0 Å². The Kier molecular flexibility index (Phi) is 11.3. The second-order valence-electron chi connectivity index (χ2n) is 8.91. The number of carbonyl (C=O) groups excluding carboxylic acids is 2. The highest BCUT2D eigenvalue weighted by Crippen LogP contribution is 2.24. The SMILES string of the molecule is CCCCNC(=O)[C@@H](Cc1ccccc1)N(Cc1ccc(Cl)c(Cl)c1)C(=O)COc1ccc(CC)cc1. The number of nitrogens with one attached hydrogen (secondary N) is 1. The molecule has 1 atom stereocenters. The lowest BCUT2D eigenvalue weighted by Crippen LogP contribution is -2.51. The van der Waals surface area contributed by atoms with Crippen LogP contribution in [0, 0.1) is 0 Å². The van der Waals surface area contributed by atoms with Crippen LogP contribution in [0.15, 0.2) is 72.8 Å². The lowest BCUT2D eigenvalue weighted by molar-refractivity contribution is -0.142. The van der Waals surface area contributed by atoms with Crippen LogP contribution in [0.1, 0.15) is 43.4 Å². The molecule has 37 heavy (non-hydrogen) atoms. The van der Waals surface area contributed by atoms with Crippen molar-refractivity contribution in [1.82, 2.24) is 10.2 Å². The number of halogens is 2. The molecule has 2 amide bonds. The van der Waals surface area contributed by atoms with E-state index in [1.54, 1.807) is 17.0 Å². The van der Waals surface area contributed by atoms with Gasteiger partial charge in [0.05, 0.1) is 10.0 Å². The zero-order valence-electron chi connectivity index (χ0n) is 21.4. The van der Waals surface area contributed by atoms with E-state index in [-0.39, 0.29) is 25.0 Å². The summed E-state index contributed by atoms with van der Waals surface area (Å²) in [5.74, 6) is 0.113. The lowest BCUT2D eigenvalue weighted by atomic mass is 10.0. The second kappa shape index (κ2) is 14.7. The molecule has 0 bridgehead atoms. The summed E-state index contributed by atoms with van der Waals surface area (Å²) in [7, 11) is 0. The molecule has 0 unspecified atom stereocenters. The molecule has 1 N–H and O–H groups in total. The molecule has 3 rings (SSSR count). The molecule has 0 aliphatic heterocycles. The number of rotatable bonds is 13. The monoisotopic (exact) mass is 540 g/mol. The van der Waals surface area contributed by atoms with Crippen LogP contribution < -0.4 is 10.1 Å². The summed E-state index contributed by atoms with van der Waals surface area (Å²) >= 11 is 12.4. The van der Waals surface area contributed by atoms with E-state index in [0.29, 0.717) is 28.8 Å². The maximum Gasteiger partial charge on any atom is 0.261 e. The fourth-order valence-corrected chi connectivity index (χ4v) is 4.26. The minimum Gasteiger partial charge on any atom is -0.484 e. The van der Waals surface area contributed by atoms with E-state index in [1.165, 1.54) is 5.56 Å². The number of carbonyl (C=O) groups is 2. The fourth-order valence-electron chi connectivity index (χ4n) is 3.94. The van der Waals surface area contributed by atoms with Gasteiger partial charge in [0.2, 0.25) is 5.91 Å². The molecule has 0 saturated carbocycles. The van der Waals surface area contributed by atoms with Crippen molar-refractivity contribution < 1.29 is 14.3 Å². The van der Waals surface area contributed by atoms with Crippen molar-refractivity contribution in [3.8, 4) is 5.75 Å². The summed E-state index contributed by atoms with van der Waals surface area (Å²) in [5.41, 5.74) is 2.92. The van der Waals surface area contributed by atoms with E-state index < -0.39 is 6.04 Å². The van der Waals surface area contributed by atoms with E-state index in [9.17, 15) is 9.59 Å². The van der Waals surface area contributed by atoms with Crippen molar-refractivity contribution in [3.05, 3.63) is 99.5 Å². The van der Waals surface area contributed by atoms with Crippen molar-refractivity contribution in [1.29, 1.82) is 0 Å². The Morgan fingerprint density at radius 3 is 2.24 bits per heavy atom. The third kappa shape index (κ3) is 8.80. The Morgan fingerprint density at radius 2 is 1.59 bits per heavy atom. The Labute approximate surface area is 229 Å². The number of benzene rings is 3. The average molecular weight is 542 g/mol. The summed E-state index contributed by atoms with van der Waals surface area (Å²) in [5, 5.41) is 3.84. The van der Waals surface area contributed by atoms with Gasteiger partial charge in [-0.25, -0.2) is 0 Å². The number of unbranched alkanes of at least 4 members (excludes halogenated alkanes) is 1. The van der Waals surface area contributed by atoms with E-state index in [4.69, 9.17) is 27.9 Å². The maximum atomic E-state index is 13.6. The first-order valence-corrected chi connectivity index (χ1v) is 13.4. The van der Waals surface area contributed by atoms with Crippen molar-refractivity contribution in [2.45, 2.75) is 52.1 Å². The largest absolute Gasteiger partial charge is 0.484 e. The maximum absolute atomic E-state index is 13.6. The van der Waals surface area contributed by atoms with Crippen molar-refractivity contribution in [2.75, 3.05) is 13.2 Å². The van der Waals surface area contributed by atoms with E-state index >= 15 is 0 Å². The molecule has 5 nitrogen and oxygen atoms in total. The molecule has 0 saturated heterocycles. The molecule has 7 heteroatoms. The standard InChI is InChI=1S/C30H34Cl2N2O3/c1-3-5-17-33-30(36)28(19-23-9-7-6-8-10-23)34(20-24-13-16-26(31)27(32)18-24)29(35)21-37-25-14-11-22(4-2)12-15-25/h6-16,18,28H,3-5,17,19-21H2,1-2H3,(H,33,36)/t28-/m1/s1. The normalized spacial score (nSPS) is 11.6. The van der Waals surface area contributed by atoms with Gasteiger partial charge in [0.1, 0.15) is 11.8 Å². The van der Waals surface area contributed by atoms with E-state index in [1.807, 2.05) is 60.7 Å². The fraction of sp³-hybridized carbons (Fsp3) is 0.333. The highest BCUT2D eigenvalue weighted by Gasteiger charge is 2.30. The Bertz CT molecular complexity index is 1150. The molecular weight excluding hydrogens is 507 g/mol. The molecule has 0 spiro atoms. The first kappa shape index (κ1) is 28.5. The van der Waals surface area contributed by atoms with Crippen LogP contribution in [0.2, 0.25) is 10.0 Å². The zero-order chi connectivity index (χ0) is 26.6. The van der Waals surface area contributed by atoms with Gasteiger partial charge in [0.25, 0.3) is 5.91 Å². The predicted octanol–water partition coefficient (Wildman–Crippen LogP) is 6.49. The molecule has 0 aliphatic carbocycles. The van der Waals surface area contributed by atoms with Crippen LogP contribution in [0.4, 0.5) is 0 Å². The van der Waals surface area contributed by atoms with Crippen molar-refractivity contribution in [2.24, 2.45) is 0 Å². The summed E-state index contributed by atoms with van der Waals surface area (Å²) < 4.78 is 5.84. The molecule has 0 aliphatic rings. The number of amides is 2. The smallest absolute Gasteiger partial charge is 0.261 e. The average Bonchev–Trinajstić information content (AvgIpc) is 2.92. The number of aryl methyl sites for hydroxylation is 1. The molecular formula is C30H34Cl2N2O3. The quantitative estimate of drug-likeness (QED) is 0.252. The van der Waals surface area contributed by atoms with Gasteiger partial charge in [-0.05, 0) is 53.8 Å². The summed E-state index contributed by atoms with van der Waals surface area (Å²) in [6, 6.07) is 21.9. The number of nitrogens with zero attached hydrogens (tertiary/aromatic N) is 1. The van der Waals surface area contributed by atoms with Gasteiger partial charge in [0, 0.05) is 19.5 Å². The number of ether oxygens (including phenoxy) is 1. The highest BCUT2D eigenvalue weighted by atomic mass is 35.5. The highest BCUT2D eigenvalue weighted by molar-refractivity contribution is 6.42. The molecule has 196 valence electrons. The van der Waals surface area contributed by atoms with Crippen LogP contribution in [0.5, 0.6) is 5.75 Å². The van der Waals surface area contributed by atoms with Crippen molar-refractivity contribution >= 4 is 35.0 Å². The molecule has 3 aromatic carbocycles. The third-order valence-corrected chi connectivity index (χ3v) is 6.87. The van der Waals surface area contributed by atoms with E-state index in [2.05, 4.69) is 19.2 Å². The van der Waals surface area contributed by atoms with Gasteiger partial charge in [-0.2, -0.15) is 0 Å². The minimum atomic E-state index is -0.729. The first-order valence-electron chi connectivity index (χ1n) is 12.7. The number of hydrogen-bond donors (Lipinski definition) is 1. The molecule has 3 aromatic rings. The van der Waals surface area contributed by atoms with Crippen LogP contribution >= 0.6 is 23.2 Å². The molecule has 0 radical (unpaired) electrons. The van der Waals surface area contributed by atoms with Crippen LogP contribution in [-0.4, -0.2) is 35.9 Å². The second-order valence-corrected chi connectivity index (χ2v) is 9.72. The summed E-state index contributed by atoms with van der Waals surface area (Å²) in [6.07, 6.45) is 3.11. The molecule has 0 heterocycles. The minimum absolute atomic E-state index is 0.187. The predicted molar refractivity (Wildman–Crippen MR) is 150 cm³/mol. The van der Waals surface area contributed by atoms with Gasteiger partial charge in [-0.3, -0.25) is 9.59 Å². The first-order chi connectivity index (χ1) is 17.9. The van der Waals surface area contributed by atoms with Crippen molar-refractivity contribution in [3.63, 3.8) is 0 Å². The van der Waals surface area contributed by atoms with Gasteiger partial charge in [-0.15, -0.1) is 0 Å². The van der Waals surface area contributed by atoms with Gasteiger partial charge in [-0.1, -0.05) is 92.0 Å². The van der Waals surface area contributed by atoms with Crippen LogP contribution in [0.3, 0.4) is 0 Å². The van der Waals surface area contributed by atoms with E-state index in [0.717, 1.165) is 30.4 Å². The molecule has 0 fully saturated rings. The topological polar surface area (TPSA) is 58.6 Å². The summed E-state index contributed by atoms with van der Waals surface area (Å²) in [4.78, 5) is 28.6. The Hall–Kier alpha value is -3.02. The Morgan fingerprint density at radius 1 is 0.892 bits per heavy atom. The zero-order valence-corrected chi connectivity index (χ0v) is 22.9. The Balaban J connectivity index is 1.88. The third-order valence-electron chi connectivity index (χ3n) is 6.13. The summed E-state index contributed by atoms with van der Waals surface area (Å²) in [6.45, 7) is 4.69. The molecule has 0 aromatic heterocycles. The lowest BCUT2D eigenvalue weighted by Gasteiger charge is -2.31. The van der Waals surface area contributed by atoms with Gasteiger partial charge >= 0.3 is 0 Å².